The van der Waals surface area contributed by atoms with Crippen molar-refractivity contribution in [2.24, 2.45) is 0 Å². The minimum Gasteiger partial charge on any atom is -0.337 e. The molecule has 0 fully saturated rings. The van der Waals surface area contributed by atoms with E-state index in [1.54, 1.807) is 18.3 Å². The number of nitrogens with one attached hydrogen (secondary N) is 1. The van der Waals surface area contributed by atoms with E-state index in [4.69, 9.17) is 12.2 Å². The summed E-state index contributed by atoms with van der Waals surface area (Å²) >= 11 is 4.80. The molecule has 0 saturated carbocycles. The number of carbonyl (C=O) groups excluding carboxylic acids is 1. The monoisotopic (exact) mass is 216 g/mol. The van der Waals surface area contributed by atoms with E-state index in [0.29, 0.717) is 15.9 Å². The summed E-state index contributed by atoms with van der Waals surface area (Å²) in [5.41, 5.74) is 1.15. The molecule has 1 aromatic carbocycles. The largest absolute Gasteiger partial charge is 0.337 e. The third kappa shape index (κ3) is 2.16. The zero-order chi connectivity index (χ0) is 10.7. The van der Waals surface area contributed by atoms with Gasteiger partial charge in [-0.2, -0.15) is 0 Å². The van der Waals surface area contributed by atoms with Crippen molar-refractivity contribution in [2.45, 2.75) is 0 Å². The van der Waals surface area contributed by atoms with Gasteiger partial charge in [0, 0.05) is 18.0 Å². The molecule has 74 valence electrons. The van der Waals surface area contributed by atoms with Gasteiger partial charge in [0.1, 0.15) is 0 Å². The Morgan fingerprint density at radius 2 is 1.93 bits per heavy atom. The number of rotatable bonds is 2. The number of benzene rings is 1. The van der Waals surface area contributed by atoms with E-state index < -0.39 is 0 Å². The predicted octanol–water partition coefficient (Wildman–Crippen LogP) is 2.37. The van der Waals surface area contributed by atoms with Gasteiger partial charge < -0.3 is 4.98 Å². The van der Waals surface area contributed by atoms with Crippen LogP contribution in [0.4, 0.5) is 0 Å². The molecule has 0 aliphatic rings. The average Bonchev–Trinajstić information content (AvgIpc) is 2.30. The summed E-state index contributed by atoms with van der Waals surface area (Å²) in [6, 6.07) is 9.05. The van der Waals surface area contributed by atoms with Crippen LogP contribution in [0.3, 0.4) is 0 Å². The molecule has 1 heterocycles. The van der Waals surface area contributed by atoms with E-state index in [2.05, 4.69) is 9.97 Å². The first-order chi connectivity index (χ1) is 7.27. The number of hydrogen-bond acceptors (Lipinski definition) is 3. The summed E-state index contributed by atoms with van der Waals surface area (Å²) in [5.74, 6) is -0.0608. The summed E-state index contributed by atoms with van der Waals surface area (Å²) < 4.78 is 0.375. The van der Waals surface area contributed by atoms with Gasteiger partial charge in [-0.15, -0.1) is 0 Å². The van der Waals surface area contributed by atoms with Crippen molar-refractivity contribution in [1.29, 1.82) is 0 Å². The number of ketones is 1. The van der Waals surface area contributed by atoms with E-state index in [1.807, 2.05) is 18.2 Å². The number of H-pyrrole nitrogens is 1. The molecule has 0 bridgehead atoms. The van der Waals surface area contributed by atoms with Gasteiger partial charge in [-0.05, 0) is 12.2 Å². The molecule has 0 atom stereocenters. The SMILES string of the molecule is O=C(c1ccccc1)c1cnc(=S)[nH]c1. The van der Waals surface area contributed by atoms with Crippen LogP contribution >= 0.6 is 12.2 Å². The number of carbonyl (C=O) groups is 1. The molecule has 0 aliphatic carbocycles. The number of hydrogen-bond donors (Lipinski definition) is 1. The van der Waals surface area contributed by atoms with E-state index in [-0.39, 0.29) is 5.78 Å². The van der Waals surface area contributed by atoms with Gasteiger partial charge in [-0.1, -0.05) is 30.3 Å². The van der Waals surface area contributed by atoms with E-state index >= 15 is 0 Å². The van der Waals surface area contributed by atoms with Gasteiger partial charge in [-0.25, -0.2) is 4.98 Å². The summed E-state index contributed by atoms with van der Waals surface area (Å²) in [7, 11) is 0. The zero-order valence-corrected chi connectivity index (χ0v) is 8.62. The third-order valence-electron chi connectivity index (χ3n) is 1.97. The molecule has 0 unspecified atom stereocenters. The summed E-state index contributed by atoms with van der Waals surface area (Å²) in [6.45, 7) is 0. The van der Waals surface area contributed by atoms with Crippen molar-refractivity contribution in [3.05, 3.63) is 58.6 Å². The first kappa shape index (κ1) is 9.73. The second-order valence-electron chi connectivity index (χ2n) is 3.00. The molecule has 0 radical (unpaired) electrons. The van der Waals surface area contributed by atoms with Crippen LogP contribution in [-0.4, -0.2) is 15.8 Å². The highest BCUT2D eigenvalue weighted by molar-refractivity contribution is 7.71. The Morgan fingerprint density at radius 3 is 2.53 bits per heavy atom. The Labute approximate surface area is 91.8 Å². The molecule has 1 N–H and O–H groups in total. The van der Waals surface area contributed by atoms with Crippen molar-refractivity contribution < 1.29 is 4.79 Å². The van der Waals surface area contributed by atoms with Crippen molar-refractivity contribution >= 4 is 18.0 Å². The van der Waals surface area contributed by atoms with Gasteiger partial charge >= 0.3 is 0 Å². The molecule has 3 nitrogen and oxygen atoms in total. The molecule has 0 aliphatic heterocycles. The van der Waals surface area contributed by atoms with Gasteiger partial charge in [0.05, 0.1) is 5.56 Å². The van der Waals surface area contributed by atoms with Gasteiger partial charge in [-0.3, -0.25) is 4.79 Å². The molecular formula is C11H8N2OS. The topological polar surface area (TPSA) is 45.8 Å². The second-order valence-corrected chi connectivity index (χ2v) is 3.39. The fraction of sp³-hybridized carbons (Fsp3) is 0. The van der Waals surface area contributed by atoms with Crippen molar-refractivity contribution in [3.63, 3.8) is 0 Å². The normalized spacial score (nSPS) is 9.87. The highest BCUT2D eigenvalue weighted by Crippen LogP contribution is 2.06. The Kier molecular flexibility index (Phi) is 2.69. The lowest BCUT2D eigenvalue weighted by molar-refractivity contribution is 0.103. The quantitative estimate of drug-likeness (QED) is 0.619. The van der Waals surface area contributed by atoms with Crippen LogP contribution in [0.1, 0.15) is 15.9 Å². The molecule has 2 rings (SSSR count). The molecule has 15 heavy (non-hydrogen) atoms. The lowest BCUT2D eigenvalue weighted by atomic mass is 10.1. The van der Waals surface area contributed by atoms with Crippen LogP contribution in [-0.2, 0) is 0 Å². The van der Waals surface area contributed by atoms with Crippen LogP contribution in [0.25, 0.3) is 0 Å². The predicted molar refractivity (Wildman–Crippen MR) is 59.3 cm³/mol. The molecule has 2 aromatic rings. The standard InChI is InChI=1S/C11H8N2OS/c14-10(8-4-2-1-3-5-8)9-6-12-11(15)13-7-9/h1-7H,(H,12,13,15). The first-order valence-electron chi connectivity index (χ1n) is 4.42. The van der Waals surface area contributed by atoms with Crippen LogP contribution in [0.5, 0.6) is 0 Å². The van der Waals surface area contributed by atoms with Crippen LogP contribution in [0.15, 0.2) is 42.7 Å². The minimum atomic E-state index is -0.0608. The molecule has 1 aromatic heterocycles. The van der Waals surface area contributed by atoms with Crippen molar-refractivity contribution in [2.75, 3.05) is 0 Å². The highest BCUT2D eigenvalue weighted by atomic mass is 32.1. The molecule has 0 spiro atoms. The fourth-order valence-electron chi connectivity index (χ4n) is 1.22. The Morgan fingerprint density at radius 1 is 1.20 bits per heavy atom. The lowest BCUT2D eigenvalue weighted by Crippen LogP contribution is -2.02. The highest BCUT2D eigenvalue weighted by Gasteiger charge is 2.07. The minimum absolute atomic E-state index is 0.0608. The van der Waals surface area contributed by atoms with Crippen LogP contribution in [0.2, 0.25) is 0 Å². The smallest absolute Gasteiger partial charge is 0.196 e. The van der Waals surface area contributed by atoms with Crippen LogP contribution in [0, 0.1) is 4.77 Å². The number of nitrogens with zero attached hydrogens (tertiary/aromatic N) is 1. The van der Waals surface area contributed by atoms with E-state index in [0.717, 1.165) is 0 Å². The molecule has 0 saturated heterocycles. The Hall–Kier alpha value is -1.81. The van der Waals surface area contributed by atoms with Crippen LogP contribution < -0.4 is 0 Å². The molecular weight excluding hydrogens is 208 g/mol. The Balaban J connectivity index is 2.37. The van der Waals surface area contributed by atoms with Crippen molar-refractivity contribution in [1.82, 2.24) is 9.97 Å². The second kappa shape index (κ2) is 4.14. The Bertz CT molecular complexity index is 513. The lowest BCUT2D eigenvalue weighted by Gasteiger charge is -1.99. The summed E-state index contributed by atoms with van der Waals surface area (Å²) in [4.78, 5) is 18.5. The maximum absolute atomic E-state index is 11.9. The maximum atomic E-state index is 11.9. The third-order valence-corrected chi connectivity index (χ3v) is 2.19. The average molecular weight is 216 g/mol. The maximum Gasteiger partial charge on any atom is 0.196 e. The van der Waals surface area contributed by atoms with Gasteiger partial charge in [0.2, 0.25) is 0 Å². The number of aromatic amines is 1. The fourth-order valence-corrected chi connectivity index (χ4v) is 1.33. The van der Waals surface area contributed by atoms with E-state index in [9.17, 15) is 4.79 Å². The van der Waals surface area contributed by atoms with E-state index in [1.165, 1.54) is 6.20 Å². The van der Waals surface area contributed by atoms with Gasteiger partial charge in [0.15, 0.2) is 10.6 Å². The summed E-state index contributed by atoms with van der Waals surface area (Å²) in [6.07, 6.45) is 3.05. The van der Waals surface area contributed by atoms with Gasteiger partial charge in [0.25, 0.3) is 0 Å². The first-order valence-corrected chi connectivity index (χ1v) is 4.83. The number of aromatic nitrogens is 2. The van der Waals surface area contributed by atoms with Crippen molar-refractivity contribution in [3.8, 4) is 0 Å². The molecule has 0 amide bonds. The molecule has 4 heteroatoms. The zero-order valence-electron chi connectivity index (χ0n) is 7.81. The summed E-state index contributed by atoms with van der Waals surface area (Å²) in [5, 5.41) is 0.